The fraction of sp³-hybridized carbons (Fsp3) is 0.464. The van der Waals surface area contributed by atoms with E-state index in [1.165, 1.54) is 0 Å². The summed E-state index contributed by atoms with van der Waals surface area (Å²) < 4.78 is 5.63. The number of nitrogens with one attached hydrogen (secondary N) is 2. The van der Waals surface area contributed by atoms with Gasteiger partial charge in [-0.3, -0.25) is 9.59 Å². The Morgan fingerprint density at radius 2 is 1.57 bits per heavy atom. The summed E-state index contributed by atoms with van der Waals surface area (Å²) in [4.78, 5) is 36.3. The van der Waals surface area contributed by atoms with E-state index in [-0.39, 0.29) is 36.7 Å². The van der Waals surface area contributed by atoms with E-state index in [4.69, 9.17) is 9.84 Å². The van der Waals surface area contributed by atoms with Crippen molar-refractivity contribution in [2.24, 2.45) is 11.8 Å². The van der Waals surface area contributed by atoms with E-state index >= 15 is 0 Å². The van der Waals surface area contributed by atoms with Crippen LogP contribution in [0.2, 0.25) is 0 Å². The topological polar surface area (TPSA) is 105 Å². The molecule has 35 heavy (non-hydrogen) atoms. The average Bonchev–Trinajstić information content (AvgIpc) is 3.18. The summed E-state index contributed by atoms with van der Waals surface area (Å²) in [5.41, 5.74) is 4.59. The molecule has 0 heterocycles. The van der Waals surface area contributed by atoms with E-state index in [1.54, 1.807) is 0 Å². The number of carboxylic acids is 1. The zero-order valence-corrected chi connectivity index (χ0v) is 20.8. The van der Waals surface area contributed by atoms with Gasteiger partial charge >= 0.3 is 12.1 Å². The number of benzene rings is 2. The molecule has 0 radical (unpaired) electrons. The lowest BCUT2D eigenvalue weighted by molar-refractivity contribution is -0.137. The Hall–Kier alpha value is -3.35. The monoisotopic (exact) mass is 480 g/mol. The summed E-state index contributed by atoms with van der Waals surface area (Å²) in [6.07, 6.45) is 1.47. The summed E-state index contributed by atoms with van der Waals surface area (Å²) in [6, 6.07) is 15.6. The second kappa shape index (κ2) is 12.4. The first-order valence-corrected chi connectivity index (χ1v) is 12.4. The van der Waals surface area contributed by atoms with Crippen LogP contribution < -0.4 is 10.6 Å². The summed E-state index contributed by atoms with van der Waals surface area (Å²) in [7, 11) is 0. The van der Waals surface area contributed by atoms with E-state index in [1.807, 2.05) is 45.0 Å². The van der Waals surface area contributed by atoms with Crippen molar-refractivity contribution >= 4 is 18.0 Å². The Morgan fingerprint density at radius 1 is 0.971 bits per heavy atom. The minimum absolute atomic E-state index is 0.0451. The number of alkyl carbamates (subject to hydrolysis) is 1. The highest BCUT2D eigenvalue weighted by atomic mass is 16.5. The molecular formula is C28H36N2O5. The van der Waals surface area contributed by atoms with Gasteiger partial charge in [-0.2, -0.15) is 0 Å². The second-order valence-electron chi connectivity index (χ2n) is 9.45. The predicted molar refractivity (Wildman–Crippen MR) is 135 cm³/mol. The first-order chi connectivity index (χ1) is 16.8. The standard InChI is InChI=1S/C28H36N2O5/c1-4-19(3)26(27(33)29-16-15-18(2)13-14-25(31)32)30-28(34)35-17-24-22-11-7-5-9-20(22)21-10-6-8-12-23(21)24/h5-12,18-19,24,26H,4,13-17H2,1-3H3,(H,29,33)(H,30,34)(H,31,32)/t18?,19?,26-/m0/s1. The normalized spacial score (nSPS) is 14.8. The molecule has 2 aromatic rings. The van der Waals surface area contributed by atoms with Crippen LogP contribution in [0.15, 0.2) is 48.5 Å². The largest absolute Gasteiger partial charge is 0.481 e. The lowest BCUT2D eigenvalue weighted by Gasteiger charge is -2.24. The van der Waals surface area contributed by atoms with E-state index in [2.05, 4.69) is 34.9 Å². The van der Waals surface area contributed by atoms with Crippen molar-refractivity contribution in [2.45, 2.75) is 58.4 Å². The van der Waals surface area contributed by atoms with Crippen LogP contribution in [-0.4, -0.2) is 42.3 Å². The minimum Gasteiger partial charge on any atom is -0.481 e. The summed E-state index contributed by atoms with van der Waals surface area (Å²) in [5, 5.41) is 14.5. The molecule has 1 aliphatic rings. The molecule has 7 nitrogen and oxygen atoms in total. The molecule has 3 N–H and O–H groups in total. The molecule has 0 aliphatic heterocycles. The Labute approximate surface area is 207 Å². The fourth-order valence-corrected chi connectivity index (χ4v) is 4.53. The number of carbonyl (C=O) groups is 3. The lowest BCUT2D eigenvalue weighted by Crippen LogP contribution is -2.50. The average molecular weight is 481 g/mol. The summed E-state index contributed by atoms with van der Waals surface area (Å²) in [5.74, 6) is -0.997. The van der Waals surface area contributed by atoms with Gasteiger partial charge in [-0.05, 0) is 46.9 Å². The van der Waals surface area contributed by atoms with Crippen LogP contribution in [0.4, 0.5) is 4.79 Å². The quantitative estimate of drug-likeness (QED) is 0.399. The smallest absolute Gasteiger partial charge is 0.407 e. The highest BCUT2D eigenvalue weighted by Gasteiger charge is 2.30. The molecule has 3 rings (SSSR count). The van der Waals surface area contributed by atoms with Gasteiger partial charge in [-0.25, -0.2) is 4.79 Å². The van der Waals surface area contributed by atoms with Gasteiger partial charge in [0.25, 0.3) is 0 Å². The molecule has 3 atom stereocenters. The molecule has 2 amide bonds. The third-order valence-corrected chi connectivity index (χ3v) is 6.90. The minimum atomic E-state index is -0.815. The molecular weight excluding hydrogens is 444 g/mol. The van der Waals surface area contributed by atoms with E-state index in [9.17, 15) is 14.4 Å². The van der Waals surface area contributed by atoms with Gasteiger partial charge in [0.2, 0.25) is 5.91 Å². The van der Waals surface area contributed by atoms with Crippen LogP contribution in [0.3, 0.4) is 0 Å². The molecule has 2 unspecified atom stereocenters. The molecule has 0 saturated heterocycles. The highest BCUT2D eigenvalue weighted by Crippen LogP contribution is 2.44. The molecule has 188 valence electrons. The van der Waals surface area contributed by atoms with Gasteiger partial charge in [0.1, 0.15) is 12.6 Å². The van der Waals surface area contributed by atoms with E-state index in [0.717, 1.165) is 28.7 Å². The maximum atomic E-state index is 12.8. The van der Waals surface area contributed by atoms with Gasteiger partial charge in [0.15, 0.2) is 0 Å². The second-order valence-corrected chi connectivity index (χ2v) is 9.45. The number of fused-ring (bicyclic) bond motifs is 3. The Balaban J connectivity index is 1.55. The van der Waals surface area contributed by atoms with Crippen molar-refractivity contribution in [1.82, 2.24) is 10.6 Å². The molecule has 7 heteroatoms. The SMILES string of the molecule is CCC(C)[C@H](NC(=O)OCC1c2ccccc2-c2ccccc21)C(=O)NCCC(C)CCC(=O)O. The van der Waals surface area contributed by atoms with Crippen molar-refractivity contribution in [2.75, 3.05) is 13.2 Å². The van der Waals surface area contributed by atoms with E-state index in [0.29, 0.717) is 19.4 Å². The Bertz CT molecular complexity index is 992. The molecule has 2 aromatic carbocycles. The lowest BCUT2D eigenvalue weighted by atomic mass is 9.97. The highest BCUT2D eigenvalue weighted by molar-refractivity contribution is 5.86. The van der Waals surface area contributed by atoms with Gasteiger partial charge in [-0.1, -0.05) is 75.7 Å². The maximum absolute atomic E-state index is 12.8. The van der Waals surface area contributed by atoms with Crippen LogP contribution in [0.1, 0.15) is 63.5 Å². The van der Waals surface area contributed by atoms with Crippen molar-refractivity contribution in [3.8, 4) is 11.1 Å². The van der Waals surface area contributed by atoms with Crippen LogP contribution in [-0.2, 0) is 14.3 Å². The Kier molecular flexibility index (Phi) is 9.29. The zero-order chi connectivity index (χ0) is 25.4. The number of aliphatic carboxylic acids is 1. The molecule has 1 aliphatic carbocycles. The summed E-state index contributed by atoms with van der Waals surface area (Å²) in [6.45, 7) is 6.48. The van der Waals surface area contributed by atoms with Gasteiger partial charge in [0, 0.05) is 18.9 Å². The van der Waals surface area contributed by atoms with Gasteiger partial charge in [-0.15, -0.1) is 0 Å². The molecule has 0 bridgehead atoms. The number of rotatable bonds is 12. The molecule has 0 spiro atoms. The van der Waals surface area contributed by atoms with E-state index < -0.39 is 18.1 Å². The molecule has 0 saturated carbocycles. The maximum Gasteiger partial charge on any atom is 0.407 e. The van der Waals surface area contributed by atoms with Crippen LogP contribution in [0.5, 0.6) is 0 Å². The molecule has 0 fully saturated rings. The summed E-state index contributed by atoms with van der Waals surface area (Å²) >= 11 is 0. The van der Waals surface area contributed by atoms with Crippen molar-refractivity contribution in [3.05, 3.63) is 59.7 Å². The number of amides is 2. The molecule has 0 aromatic heterocycles. The first kappa shape index (κ1) is 26.3. The number of carbonyl (C=O) groups excluding carboxylic acids is 2. The van der Waals surface area contributed by atoms with Gasteiger partial charge in [0.05, 0.1) is 0 Å². The Morgan fingerprint density at radius 3 is 2.14 bits per heavy atom. The predicted octanol–water partition coefficient (Wildman–Crippen LogP) is 4.95. The van der Waals surface area contributed by atoms with Crippen LogP contribution in [0.25, 0.3) is 11.1 Å². The fourth-order valence-electron chi connectivity index (χ4n) is 4.53. The van der Waals surface area contributed by atoms with Crippen LogP contribution >= 0.6 is 0 Å². The number of hydrogen-bond acceptors (Lipinski definition) is 4. The number of carboxylic acid groups (broad SMARTS) is 1. The third-order valence-electron chi connectivity index (χ3n) is 6.90. The van der Waals surface area contributed by atoms with Crippen molar-refractivity contribution in [1.29, 1.82) is 0 Å². The van der Waals surface area contributed by atoms with Crippen molar-refractivity contribution in [3.63, 3.8) is 0 Å². The first-order valence-electron chi connectivity index (χ1n) is 12.4. The third kappa shape index (κ3) is 6.84. The van der Waals surface area contributed by atoms with Crippen LogP contribution in [0, 0.1) is 11.8 Å². The number of ether oxygens (including phenoxy) is 1. The zero-order valence-electron chi connectivity index (χ0n) is 20.8. The van der Waals surface area contributed by atoms with Crippen molar-refractivity contribution < 1.29 is 24.2 Å². The number of hydrogen-bond donors (Lipinski definition) is 3. The van der Waals surface area contributed by atoms with Gasteiger partial charge < -0.3 is 20.5 Å².